The zero-order valence-electron chi connectivity index (χ0n) is 19.6. The first-order valence-electron chi connectivity index (χ1n) is 12.7. The van der Waals surface area contributed by atoms with E-state index in [1.165, 1.54) is 66.9 Å². The second-order valence-corrected chi connectivity index (χ2v) is 9.40. The van der Waals surface area contributed by atoms with Crippen LogP contribution in [-0.2, 0) is 19.2 Å². The molecule has 4 amide bonds. The predicted molar refractivity (Wildman–Crippen MR) is 123 cm³/mol. The van der Waals surface area contributed by atoms with Crippen LogP contribution < -0.4 is 0 Å². The van der Waals surface area contributed by atoms with Crippen molar-refractivity contribution in [1.82, 2.24) is 9.80 Å². The molecule has 0 spiro atoms. The molecule has 3 aliphatic rings. The molecule has 2 heterocycles. The Morgan fingerprint density at radius 1 is 0.688 bits per heavy atom. The molecule has 2 aliphatic heterocycles. The first-order chi connectivity index (χ1) is 15.5. The zero-order valence-corrected chi connectivity index (χ0v) is 19.6. The lowest BCUT2D eigenvalue weighted by atomic mass is 9.94. The van der Waals surface area contributed by atoms with Crippen molar-refractivity contribution in [2.45, 2.75) is 109 Å². The van der Waals surface area contributed by atoms with Crippen molar-refractivity contribution in [3.05, 3.63) is 23.3 Å². The van der Waals surface area contributed by atoms with Gasteiger partial charge in [-0.15, -0.1) is 0 Å². The van der Waals surface area contributed by atoms with Crippen LogP contribution in [-0.4, -0.2) is 46.0 Å². The number of carbonyl (C=O) groups is 4. The quantitative estimate of drug-likeness (QED) is 0.302. The highest BCUT2D eigenvalue weighted by atomic mass is 16.2. The molecule has 0 unspecified atom stereocenters. The molecular weight excluding hydrogens is 404 g/mol. The fraction of sp³-hybridized carbons (Fsp3) is 0.692. The summed E-state index contributed by atoms with van der Waals surface area (Å²) in [5.41, 5.74) is 0.170. The molecule has 0 radical (unpaired) electrons. The Morgan fingerprint density at radius 3 is 1.84 bits per heavy atom. The van der Waals surface area contributed by atoms with Crippen LogP contribution in [0.5, 0.6) is 0 Å². The third-order valence-electron chi connectivity index (χ3n) is 6.93. The van der Waals surface area contributed by atoms with Gasteiger partial charge in [0.05, 0.1) is 11.1 Å². The van der Waals surface area contributed by atoms with Crippen LogP contribution in [0.1, 0.15) is 103 Å². The molecule has 0 aromatic rings. The highest BCUT2D eigenvalue weighted by Crippen LogP contribution is 2.31. The number of unbranched alkanes of at least 4 members (excludes halogenated alkanes) is 9. The lowest BCUT2D eigenvalue weighted by Gasteiger charge is -2.29. The van der Waals surface area contributed by atoms with Crippen molar-refractivity contribution in [1.29, 1.82) is 0 Å². The topological polar surface area (TPSA) is 74.8 Å². The fourth-order valence-electron chi connectivity index (χ4n) is 5.03. The number of nitrogens with zero attached hydrogens (tertiary/aromatic N) is 2. The normalized spacial score (nSPS) is 19.9. The van der Waals surface area contributed by atoms with Crippen LogP contribution >= 0.6 is 0 Å². The fourth-order valence-corrected chi connectivity index (χ4v) is 5.03. The van der Waals surface area contributed by atoms with Crippen LogP contribution in [0.25, 0.3) is 0 Å². The van der Waals surface area contributed by atoms with E-state index in [-0.39, 0.29) is 29.0 Å². The maximum absolute atomic E-state index is 12.9. The van der Waals surface area contributed by atoms with Gasteiger partial charge in [0.25, 0.3) is 23.6 Å². The third-order valence-corrected chi connectivity index (χ3v) is 6.93. The second-order valence-electron chi connectivity index (χ2n) is 9.40. The molecule has 1 fully saturated rings. The highest BCUT2D eigenvalue weighted by molar-refractivity contribution is 6.28. The number of hydrogen-bond acceptors (Lipinski definition) is 4. The van der Waals surface area contributed by atoms with Crippen molar-refractivity contribution in [3.8, 4) is 0 Å². The van der Waals surface area contributed by atoms with E-state index in [2.05, 4.69) is 6.92 Å². The first-order valence-corrected chi connectivity index (χ1v) is 12.7. The summed E-state index contributed by atoms with van der Waals surface area (Å²) in [5.74, 6) is -1.59. The molecule has 0 aromatic carbocycles. The number of carbonyl (C=O) groups excluding carboxylic acids is 4. The average molecular weight is 443 g/mol. The van der Waals surface area contributed by atoms with Crippen molar-refractivity contribution < 1.29 is 19.2 Å². The molecular formula is C26H38N2O4. The third kappa shape index (κ3) is 5.96. The molecule has 0 N–H and O–H groups in total. The Balaban J connectivity index is 1.42. The average Bonchev–Trinajstić information content (AvgIpc) is 3.24. The number of amides is 4. The molecule has 6 heteroatoms. The number of rotatable bonds is 13. The zero-order chi connectivity index (χ0) is 22.9. The van der Waals surface area contributed by atoms with Gasteiger partial charge in [-0.25, -0.2) is 0 Å². The smallest absolute Gasteiger partial charge is 0.261 e. The van der Waals surface area contributed by atoms with E-state index >= 15 is 0 Å². The number of imide groups is 2. The summed E-state index contributed by atoms with van der Waals surface area (Å²) < 4.78 is 0. The summed E-state index contributed by atoms with van der Waals surface area (Å²) in [5, 5.41) is 0. The van der Waals surface area contributed by atoms with E-state index in [1.54, 1.807) is 0 Å². The predicted octanol–water partition coefficient (Wildman–Crippen LogP) is 4.83. The van der Waals surface area contributed by atoms with Gasteiger partial charge in [-0.1, -0.05) is 84.0 Å². The van der Waals surface area contributed by atoms with E-state index in [4.69, 9.17) is 0 Å². The summed E-state index contributed by atoms with van der Waals surface area (Å²) in [4.78, 5) is 53.2. The molecule has 32 heavy (non-hydrogen) atoms. The molecule has 0 saturated heterocycles. The van der Waals surface area contributed by atoms with E-state index in [9.17, 15) is 19.2 Å². The molecule has 1 aliphatic carbocycles. The Hall–Kier alpha value is -2.24. The van der Waals surface area contributed by atoms with Crippen molar-refractivity contribution in [2.24, 2.45) is 0 Å². The minimum Gasteiger partial charge on any atom is -0.275 e. The molecule has 0 atom stereocenters. The van der Waals surface area contributed by atoms with Gasteiger partial charge in [0.2, 0.25) is 0 Å². The van der Waals surface area contributed by atoms with E-state index in [1.807, 2.05) is 0 Å². The van der Waals surface area contributed by atoms with Gasteiger partial charge in [-0.05, 0) is 19.3 Å². The molecule has 0 bridgehead atoms. The summed E-state index contributed by atoms with van der Waals surface area (Å²) in [6, 6.07) is -0.0898. The highest BCUT2D eigenvalue weighted by Gasteiger charge is 2.42. The standard InChI is InChI=1S/C26H38N2O4/c1-2-3-4-5-6-7-8-9-10-14-17-27-23(29)18-21(25(27)31)22-19-24(30)28(26(22)32)20-15-12-11-13-16-20/h18-20H,2-17H2,1H3. The SMILES string of the molecule is CCCCCCCCCCCCN1C(=O)C=C(C2=CC(=O)N(C3CCCCC3)C2=O)C1=O. The monoisotopic (exact) mass is 442 g/mol. The van der Waals surface area contributed by atoms with Gasteiger partial charge in [0.1, 0.15) is 0 Å². The van der Waals surface area contributed by atoms with Crippen LogP contribution in [0.3, 0.4) is 0 Å². The second kappa shape index (κ2) is 12.1. The van der Waals surface area contributed by atoms with Gasteiger partial charge < -0.3 is 0 Å². The van der Waals surface area contributed by atoms with E-state index < -0.39 is 11.8 Å². The molecule has 6 nitrogen and oxygen atoms in total. The van der Waals surface area contributed by atoms with E-state index in [0.717, 1.165) is 51.4 Å². The maximum Gasteiger partial charge on any atom is 0.261 e. The first kappa shape index (κ1) is 24.4. The van der Waals surface area contributed by atoms with Crippen LogP contribution in [0, 0.1) is 0 Å². The summed E-state index contributed by atoms with van der Waals surface area (Å²) in [6.07, 6.45) is 19.1. The summed E-state index contributed by atoms with van der Waals surface area (Å²) >= 11 is 0. The Morgan fingerprint density at radius 2 is 1.22 bits per heavy atom. The largest absolute Gasteiger partial charge is 0.275 e. The van der Waals surface area contributed by atoms with Gasteiger partial charge in [0.15, 0.2) is 0 Å². The molecule has 176 valence electrons. The van der Waals surface area contributed by atoms with Crippen molar-refractivity contribution in [2.75, 3.05) is 6.54 Å². The van der Waals surface area contributed by atoms with Gasteiger partial charge in [-0.2, -0.15) is 0 Å². The molecule has 3 rings (SSSR count). The molecule has 0 aromatic heterocycles. The van der Waals surface area contributed by atoms with Gasteiger partial charge in [-0.3, -0.25) is 29.0 Å². The van der Waals surface area contributed by atoms with E-state index in [0.29, 0.717) is 6.54 Å². The maximum atomic E-state index is 12.9. The number of hydrogen-bond donors (Lipinski definition) is 0. The Bertz CT molecular complexity index is 777. The minimum absolute atomic E-state index is 0.0822. The summed E-state index contributed by atoms with van der Waals surface area (Å²) in [6.45, 7) is 2.60. The Kier molecular flexibility index (Phi) is 9.24. The lowest BCUT2D eigenvalue weighted by molar-refractivity contribution is -0.142. The minimum atomic E-state index is -0.441. The van der Waals surface area contributed by atoms with Gasteiger partial charge in [0, 0.05) is 24.7 Å². The Labute approximate surface area is 192 Å². The van der Waals surface area contributed by atoms with Crippen molar-refractivity contribution >= 4 is 23.6 Å². The van der Waals surface area contributed by atoms with Crippen LogP contribution in [0.2, 0.25) is 0 Å². The lowest BCUT2D eigenvalue weighted by Crippen LogP contribution is -2.42. The summed E-state index contributed by atoms with van der Waals surface area (Å²) in [7, 11) is 0. The molecule has 1 saturated carbocycles. The van der Waals surface area contributed by atoms with Crippen molar-refractivity contribution in [3.63, 3.8) is 0 Å². The van der Waals surface area contributed by atoms with Crippen LogP contribution in [0.4, 0.5) is 0 Å². The van der Waals surface area contributed by atoms with Crippen LogP contribution in [0.15, 0.2) is 23.3 Å². The van der Waals surface area contributed by atoms with Gasteiger partial charge >= 0.3 is 0 Å².